The van der Waals surface area contributed by atoms with Gasteiger partial charge in [0.25, 0.3) is 0 Å². The van der Waals surface area contributed by atoms with Gasteiger partial charge in [0.1, 0.15) is 10.6 Å². The number of hydrogen-bond acceptors (Lipinski definition) is 2. The highest BCUT2D eigenvalue weighted by atomic mass is 35.5. The Morgan fingerprint density at radius 1 is 1.21 bits per heavy atom. The normalized spacial score (nSPS) is 10.3. The molecule has 0 bridgehead atoms. The Hall–Kier alpha value is -1.43. The molecule has 3 N–H and O–H groups in total. The molecule has 3 nitrogen and oxygen atoms in total. The third-order valence-electron chi connectivity index (χ3n) is 1.52. The molecule has 0 unspecified atom stereocenters. The topological polar surface area (TPSA) is 63.3 Å². The summed E-state index contributed by atoms with van der Waals surface area (Å²) in [6.07, 6.45) is 0. The van der Waals surface area contributed by atoms with Gasteiger partial charge >= 0.3 is 5.97 Å². The second-order valence-corrected chi connectivity index (χ2v) is 2.73. The van der Waals surface area contributed by atoms with E-state index in [1.54, 1.807) is 0 Å². The summed E-state index contributed by atoms with van der Waals surface area (Å²) in [7, 11) is 0. The van der Waals surface area contributed by atoms with Gasteiger partial charge in [-0.2, -0.15) is 0 Å². The molecule has 1 rings (SSSR count). The van der Waals surface area contributed by atoms with Crippen molar-refractivity contribution in [3.63, 3.8) is 0 Å². The molecule has 0 atom stereocenters. The molecular weight excluding hydrogens is 223 g/mol. The summed E-state index contributed by atoms with van der Waals surface area (Å²) in [6.45, 7) is 0. The van der Waals surface area contributed by atoms with Crippen molar-refractivity contribution in [2.24, 2.45) is 0 Å². The molecule has 0 amide bonds. The molecule has 0 heterocycles. The molecule has 0 saturated carbocycles. The maximum absolute atomic E-state index is 13.0. The third kappa shape index (κ3) is 1.37. The van der Waals surface area contributed by atoms with E-state index in [0.29, 0.717) is 0 Å². The van der Waals surface area contributed by atoms with Crippen molar-refractivity contribution in [3.8, 4) is 0 Å². The Morgan fingerprint density at radius 3 is 2.14 bits per heavy atom. The molecule has 0 radical (unpaired) electrons. The number of halogens is 4. The fourth-order valence-corrected chi connectivity index (χ4v) is 1.04. The number of carboxylic acid groups (broad SMARTS) is 1. The van der Waals surface area contributed by atoms with Gasteiger partial charge in [-0.25, -0.2) is 18.0 Å². The summed E-state index contributed by atoms with van der Waals surface area (Å²) in [5.74, 6) is -6.78. The van der Waals surface area contributed by atoms with E-state index in [4.69, 9.17) is 22.4 Å². The molecule has 0 aromatic heterocycles. The summed E-state index contributed by atoms with van der Waals surface area (Å²) in [5, 5.41) is 7.19. The average Bonchev–Trinajstić information content (AvgIpc) is 2.11. The van der Waals surface area contributed by atoms with Crippen LogP contribution < -0.4 is 5.73 Å². The lowest BCUT2D eigenvalue weighted by atomic mass is 10.1. The monoisotopic (exact) mass is 225 g/mol. The predicted molar refractivity (Wildman–Crippen MR) is 42.7 cm³/mol. The molecule has 0 aliphatic carbocycles. The minimum atomic E-state index is -1.82. The van der Waals surface area contributed by atoms with Crippen molar-refractivity contribution in [2.45, 2.75) is 0 Å². The van der Waals surface area contributed by atoms with E-state index in [9.17, 15) is 18.0 Å². The minimum absolute atomic E-state index is 1.11. The van der Waals surface area contributed by atoms with Crippen LogP contribution in [-0.4, -0.2) is 11.1 Å². The first-order chi connectivity index (χ1) is 6.37. The van der Waals surface area contributed by atoms with Crippen LogP contribution >= 0.6 is 11.6 Å². The summed E-state index contributed by atoms with van der Waals surface area (Å²) in [4.78, 5) is 10.4. The maximum Gasteiger partial charge on any atom is 0.340 e. The van der Waals surface area contributed by atoms with E-state index in [1.807, 2.05) is 0 Å². The van der Waals surface area contributed by atoms with Crippen molar-refractivity contribution in [2.75, 3.05) is 5.73 Å². The molecule has 7 heteroatoms. The average molecular weight is 226 g/mol. The van der Waals surface area contributed by atoms with Crippen LogP contribution in [0.25, 0.3) is 0 Å². The smallest absolute Gasteiger partial charge is 0.340 e. The fourth-order valence-electron chi connectivity index (χ4n) is 0.858. The predicted octanol–water partition coefficient (Wildman–Crippen LogP) is 2.04. The second kappa shape index (κ2) is 3.38. The van der Waals surface area contributed by atoms with E-state index in [-0.39, 0.29) is 0 Å². The van der Waals surface area contributed by atoms with E-state index in [2.05, 4.69) is 0 Å². The fraction of sp³-hybridized carbons (Fsp3) is 0. The van der Waals surface area contributed by atoms with Crippen LogP contribution in [0.15, 0.2) is 0 Å². The first-order valence-corrected chi connectivity index (χ1v) is 3.60. The molecule has 0 aliphatic rings. The first-order valence-electron chi connectivity index (χ1n) is 3.22. The van der Waals surface area contributed by atoms with Crippen LogP contribution in [0.2, 0.25) is 5.02 Å². The van der Waals surface area contributed by atoms with Crippen LogP contribution in [0.1, 0.15) is 10.4 Å². The number of rotatable bonds is 1. The molecule has 1 aromatic rings. The van der Waals surface area contributed by atoms with Gasteiger partial charge in [-0.05, 0) is 0 Å². The third-order valence-corrected chi connectivity index (χ3v) is 1.85. The number of carboxylic acids is 1. The summed E-state index contributed by atoms with van der Waals surface area (Å²) in [5.41, 5.74) is 2.57. The van der Waals surface area contributed by atoms with Crippen molar-refractivity contribution in [1.29, 1.82) is 0 Å². The summed E-state index contributed by atoms with van der Waals surface area (Å²) < 4.78 is 38.4. The number of carbonyl (C=O) groups is 1. The highest BCUT2D eigenvalue weighted by molar-refractivity contribution is 6.31. The van der Waals surface area contributed by atoms with E-state index >= 15 is 0 Å². The lowest BCUT2D eigenvalue weighted by Gasteiger charge is -2.06. The second-order valence-electron chi connectivity index (χ2n) is 2.35. The Bertz CT molecular complexity index is 393. The SMILES string of the molecule is Nc1c(F)c(F)c(Cl)c(F)c1C(=O)O. The Labute approximate surface area is 80.9 Å². The molecule has 0 fully saturated rings. The minimum Gasteiger partial charge on any atom is -0.478 e. The maximum atomic E-state index is 13.0. The first kappa shape index (κ1) is 10.6. The largest absolute Gasteiger partial charge is 0.478 e. The number of nitrogens with two attached hydrogens (primary N) is 1. The van der Waals surface area contributed by atoms with Crippen LogP contribution in [0.4, 0.5) is 18.9 Å². The van der Waals surface area contributed by atoms with Gasteiger partial charge in [0, 0.05) is 0 Å². The highest BCUT2D eigenvalue weighted by Gasteiger charge is 2.26. The molecule has 14 heavy (non-hydrogen) atoms. The molecule has 0 saturated heterocycles. The van der Waals surface area contributed by atoms with Crippen LogP contribution in [-0.2, 0) is 0 Å². The zero-order valence-corrected chi connectivity index (χ0v) is 7.20. The van der Waals surface area contributed by atoms with Crippen molar-refractivity contribution in [1.82, 2.24) is 0 Å². The number of benzene rings is 1. The summed E-state index contributed by atoms with van der Waals surface area (Å²) >= 11 is 5.00. The number of nitrogen functional groups attached to an aromatic ring is 1. The Balaban J connectivity index is 3.68. The molecule has 0 spiro atoms. The number of anilines is 1. The van der Waals surface area contributed by atoms with Gasteiger partial charge in [-0.3, -0.25) is 0 Å². The van der Waals surface area contributed by atoms with Gasteiger partial charge in [-0.15, -0.1) is 0 Å². The van der Waals surface area contributed by atoms with Gasteiger partial charge in [-0.1, -0.05) is 11.6 Å². The highest BCUT2D eigenvalue weighted by Crippen LogP contribution is 2.30. The van der Waals surface area contributed by atoms with Crippen LogP contribution in [0.3, 0.4) is 0 Å². The standard InChI is InChI=1S/C7H3ClF3NO2/c8-2-3(9)1(7(13)14)6(12)5(11)4(2)10/h12H2,(H,13,14). The Morgan fingerprint density at radius 2 is 1.71 bits per heavy atom. The molecule has 76 valence electrons. The van der Waals surface area contributed by atoms with Gasteiger partial charge in [0.2, 0.25) is 0 Å². The van der Waals surface area contributed by atoms with E-state index in [1.165, 1.54) is 0 Å². The van der Waals surface area contributed by atoms with Crippen LogP contribution in [0.5, 0.6) is 0 Å². The zero-order valence-electron chi connectivity index (χ0n) is 6.44. The van der Waals surface area contributed by atoms with E-state index in [0.717, 1.165) is 0 Å². The number of hydrogen-bond donors (Lipinski definition) is 2. The van der Waals surface area contributed by atoms with Crippen molar-refractivity contribution in [3.05, 3.63) is 28.0 Å². The van der Waals surface area contributed by atoms with Gasteiger partial charge in [0.05, 0.1) is 5.69 Å². The van der Waals surface area contributed by atoms with E-state index < -0.39 is 39.7 Å². The van der Waals surface area contributed by atoms with Crippen molar-refractivity contribution < 1.29 is 23.1 Å². The van der Waals surface area contributed by atoms with Crippen LogP contribution in [0, 0.1) is 17.5 Å². The molecular formula is C7H3ClF3NO2. The zero-order chi connectivity index (χ0) is 11.0. The molecule has 0 aliphatic heterocycles. The lowest BCUT2D eigenvalue weighted by molar-refractivity contribution is 0.0692. The lowest BCUT2D eigenvalue weighted by Crippen LogP contribution is -2.10. The molecule has 1 aromatic carbocycles. The van der Waals surface area contributed by atoms with Crippen molar-refractivity contribution >= 4 is 23.3 Å². The Kier molecular flexibility index (Phi) is 2.57. The summed E-state index contributed by atoms with van der Waals surface area (Å²) in [6, 6.07) is 0. The van der Waals surface area contributed by atoms with Gasteiger partial charge < -0.3 is 10.8 Å². The number of aromatic carboxylic acids is 1. The quantitative estimate of drug-likeness (QED) is 0.437. The van der Waals surface area contributed by atoms with Gasteiger partial charge in [0.15, 0.2) is 17.5 Å².